The Labute approximate surface area is 151 Å². The van der Waals surface area contributed by atoms with Crippen LogP contribution in [-0.4, -0.2) is 40.9 Å². The number of aliphatic hydroxyl groups is 1. The van der Waals surface area contributed by atoms with Crippen LogP contribution in [0.15, 0.2) is 42.7 Å². The second-order valence-electron chi connectivity index (χ2n) is 6.38. The van der Waals surface area contributed by atoms with E-state index in [1.807, 2.05) is 18.2 Å². The Bertz CT molecular complexity index is 805. The van der Waals surface area contributed by atoms with Gasteiger partial charge in [-0.3, -0.25) is 0 Å². The molecule has 2 N–H and O–H groups in total. The van der Waals surface area contributed by atoms with Crippen molar-refractivity contribution in [2.24, 2.45) is 5.92 Å². The van der Waals surface area contributed by atoms with Crippen LogP contribution in [0, 0.1) is 5.92 Å². The van der Waals surface area contributed by atoms with Gasteiger partial charge in [0.1, 0.15) is 17.0 Å². The average molecular weight is 357 g/mol. The summed E-state index contributed by atoms with van der Waals surface area (Å²) in [6.07, 6.45) is 0.980. The fourth-order valence-corrected chi connectivity index (χ4v) is 3.46. The van der Waals surface area contributed by atoms with Crippen LogP contribution in [0.1, 0.15) is 13.8 Å². The Morgan fingerprint density at radius 2 is 1.96 bits per heavy atom. The Balaban J connectivity index is 1.69. The van der Waals surface area contributed by atoms with Gasteiger partial charge in [-0.05, 0) is 17.5 Å². The van der Waals surface area contributed by atoms with E-state index in [2.05, 4.69) is 47.3 Å². The zero-order valence-electron chi connectivity index (χ0n) is 14.5. The summed E-state index contributed by atoms with van der Waals surface area (Å²) in [5, 5.41) is 14.2. The van der Waals surface area contributed by atoms with Crippen molar-refractivity contribution in [3.05, 3.63) is 42.7 Å². The highest BCUT2D eigenvalue weighted by atomic mass is 32.1. The Hall–Kier alpha value is -2.02. The number of thiophene rings is 1. The topological polar surface area (TPSA) is 67.3 Å². The number of nitrogens with one attached hydrogen (secondary N) is 1. The number of nitrogens with zero attached hydrogens (tertiary/aromatic N) is 2. The lowest BCUT2D eigenvalue weighted by molar-refractivity contribution is 0.0317. The standard InChI is InChI=1S/C19H23N3O2S/c1-13(2)10-24-11-15(23)9-20-18-16-8-17(14-6-4-3-5-7-14)25-19(16)22-12-21-18/h3-8,12-13,15,23H,9-11H2,1-2H3,(H,20,21,22)/t15-/m1/s1. The van der Waals surface area contributed by atoms with Gasteiger partial charge in [0, 0.05) is 18.0 Å². The highest BCUT2D eigenvalue weighted by Crippen LogP contribution is 2.34. The van der Waals surface area contributed by atoms with E-state index in [1.165, 1.54) is 5.56 Å². The van der Waals surface area contributed by atoms with E-state index in [-0.39, 0.29) is 0 Å². The van der Waals surface area contributed by atoms with Crippen molar-refractivity contribution in [3.63, 3.8) is 0 Å². The normalized spacial score (nSPS) is 12.6. The first-order chi connectivity index (χ1) is 12.1. The zero-order valence-corrected chi connectivity index (χ0v) is 15.3. The molecule has 2 heterocycles. The minimum Gasteiger partial charge on any atom is -0.389 e. The summed E-state index contributed by atoms with van der Waals surface area (Å²) < 4.78 is 5.47. The van der Waals surface area contributed by atoms with Crippen molar-refractivity contribution < 1.29 is 9.84 Å². The largest absolute Gasteiger partial charge is 0.389 e. The average Bonchev–Trinajstić information content (AvgIpc) is 3.05. The molecule has 0 spiro atoms. The second kappa shape index (κ2) is 8.38. The minimum atomic E-state index is -0.573. The first kappa shape index (κ1) is 17.8. The van der Waals surface area contributed by atoms with Gasteiger partial charge < -0.3 is 15.2 Å². The van der Waals surface area contributed by atoms with Gasteiger partial charge in [-0.25, -0.2) is 9.97 Å². The van der Waals surface area contributed by atoms with Crippen molar-refractivity contribution in [3.8, 4) is 10.4 Å². The molecular formula is C19H23N3O2S. The molecule has 0 amide bonds. The van der Waals surface area contributed by atoms with Crippen LogP contribution < -0.4 is 5.32 Å². The predicted molar refractivity (Wildman–Crippen MR) is 103 cm³/mol. The highest BCUT2D eigenvalue weighted by Gasteiger charge is 2.11. The quantitative estimate of drug-likeness (QED) is 0.642. The summed E-state index contributed by atoms with van der Waals surface area (Å²) in [6, 6.07) is 12.3. The van der Waals surface area contributed by atoms with Crippen LogP contribution in [-0.2, 0) is 4.74 Å². The predicted octanol–water partition coefficient (Wildman–Crippen LogP) is 3.80. The monoisotopic (exact) mass is 357 g/mol. The molecular weight excluding hydrogens is 334 g/mol. The number of benzene rings is 1. The number of fused-ring (bicyclic) bond motifs is 1. The third-order valence-corrected chi connectivity index (χ3v) is 4.75. The second-order valence-corrected chi connectivity index (χ2v) is 7.41. The molecule has 0 fully saturated rings. The Morgan fingerprint density at radius 3 is 2.72 bits per heavy atom. The van der Waals surface area contributed by atoms with Crippen molar-refractivity contribution >= 4 is 27.4 Å². The van der Waals surface area contributed by atoms with Gasteiger partial charge in [0.25, 0.3) is 0 Å². The third kappa shape index (κ3) is 4.75. The van der Waals surface area contributed by atoms with Gasteiger partial charge in [0.15, 0.2) is 0 Å². The van der Waals surface area contributed by atoms with Crippen molar-refractivity contribution in [1.29, 1.82) is 0 Å². The van der Waals surface area contributed by atoms with E-state index in [4.69, 9.17) is 4.74 Å². The van der Waals surface area contributed by atoms with Crippen molar-refractivity contribution in [2.45, 2.75) is 20.0 Å². The van der Waals surface area contributed by atoms with Gasteiger partial charge in [0.2, 0.25) is 0 Å². The first-order valence-electron chi connectivity index (χ1n) is 8.43. The molecule has 0 radical (unpaired) electrons. The van der Waals surface area contributed by atoms with E-state index in [9.17, 15) is 5.11 Å². The number of rotatable bonds is 8. The number of hydrogen-bond acceptors (Lipinski definition) is 6. The SMILES string of the molecule is CC(C)COC[C@H](O)CNc1ncnc2sc(-c3ccccc3)cc12. The van der Waals surface area contributed by atoms with E-state index < -0.39 is 6.10 Å². The third-order valence-electron chi connectivity index (χ3n) is 3.65. The molecule has 1 atom stereocenters. The lowest BCUT2D eigenvalue weighted by Crippen LogP contribution is -2.26. The molecule has 0 aliphatic carbocycles. The van der Waals surface area contributed by atoms with Crippen LogP contribution in [0.5, 0.6) is 0 Å². The van der Waals surface area contributed by atoms with E-state index >= 15 is 0 Å². The highest BCUT2D eigenvalue weighted by molar-refractivity contribution is 7.21. The van der Waals surface area contributed by atoms with Crippen LogP contribution in [0.4, 0.5) is 5.82 Å². The van der Waals surface area contributed by atoms with E-state index in [0.29, 0.717) is 25.7 Å². The summed E-state index contributed by atoms with van der Waals surface area (Å²) in [5.41, 5.74) is 1.17. The molecule has 0 saturated carbocycles. The molecule has 132 valence electrons. The molecule has 6 heteroatoms. The molecule has 25 heavy (non-hydrogen) atoms. The minimum absolute atomic E-state index is 0.318. The number of hydrogen-bond donors (Lipinski definition) is 2. The summed E-state index contributed by atoms with van der Waals surface area (Å²) >= 11 is 1.64. The molecule has 0 aliphatic heterocycles. The van der Waals surface area contributed by atoms with Crippen molar-refractivity contribution in [2.75, 3.05) is 25.1 Å². The maximum absolute atomic E-state index is 10.1. The lowest BCUT2D eigenvalue weighted by atomic mass is 10.2. The van der Waals surface area contributed by atoms with Crippen LogP contribution >= 0.6 is 11.3 Å². The molecule has 0 unspecified atom stereocenters. The van der Waals surface area contributed by atoms with E-state index in [0.717, 1.165) is 20.9 Å². The van der Waals surface area contributed by atoms with Gasteiger partial charge in [-0.1, -0.05) is 44.2 Å². The van der Waals surface area contributed by atoms with Crippen molar-refractivity contribution in [1.82, 2.24) is 9.97 Å². The first-order valence-corrected chi connectivity index (χ1v) is 9.24. The van der Waals surface area contributed by atoms with E-state index in [1.54, 1.807) is 17.7 Å². The number of anilines is 1. The number of ether oxygens (including phenoxy) is 1. The molecule has 0 bridgehead atoms. The molecule has 3 rings (SSSR count). The smallest absolute Gasteiger partial charge is 0.138 e. The Kier molecular flexibility index (Phi) is 5.96. The van der Waals surface area contributed by atoms with Gasteiger partial charge in [0.05, 0.1) is 18.1 Å². The molecule has 5 nitrogen and oxygen atoms in total. The molecule has 3 aromatic rings. The number of aliphatic hydroxyl groups excluding tert-OH is 1. The van der Waals surface area contributed by atoms with Crippen LogP contribution in [0.3, 0.4) is 0 Å². The zero-order chi connectivity index (χ0) is 17.6. The van der Waals surface area contributed by atoms with Gasteiger partial charge in [-0.15, -0.1) is 11.3 Å². The lowest BCUT2D eigenvalue weighted by Gasteiger charge is -2.14. The Morgan fingerprint density at radius 1 is 1.16 bits per heavy atom. The van der Waals surface area contributed by atoms with Crippen LogP contribution in [0.2, 0.25) is 0 Å². The summed E-state index contributed by atoms with van der Waals surface area (Å²) in [7, 11) is 0. The van der Waals surface area contributed by atoms with Crippen LogP contribution in [0.25, 0.3) is 20.7 Å². The maximum atomic E-state index is 10.1. The van der Waals surface area contributed by atoms with Gasteiger partial charge >= 0.3 is 0 Å². The van der Waals surface area contributed by atoms with Gasteiger partial charge in [-0.2, -0.15) is 0 Å². The summed E-state index contributed by atoms with van der Waals surface area (Å²) in [4.78, 5) is 10.8. The fraction of sp³-hybridized carbons (Fsp3) is 0.368. The number of aromatic nitrogens is 2. The maximum Gasteiger partial charge on any atom is 0.138 e. The fourth-order valence-electron chi connectivity index (χ4n) is 2.45. The summed E-state index contributed by atoms with van der Waals surface area (Å²) in [6.45, 7) is 5.53. The molecule has 2 aromatic heterocycles. The molecule has 0 aliphatic rings. The molecule has 0 saturated heterocycles. The molecule has 1 aromatic carbocycles. The summed E-state index contributed by atoms with van der Waals surface area (Å²) in [5.74, 6) is 1.20.